The summed E-state index contributed by atoms with van der Waals surface area (Å²) in [6.45, 7) is 3.23. The first-order chi connectivity index (χ1) is 13.2. The van der Waals surface area contributed by atoms with Gasteiger partial charge in [0.05, 0.1) is 6.04 Å². The molecular weight excluding hydrogens is 341 g/mol. The Kier molecular flexibility index (Phi) is 5.12. The quantitative estimate of drug-likeness (QED) is 0.902. The Morgan fingerprint density at radius 2 is 1.93 bits per heavy atom. The fourth-order valence-electron chi connectivity index (χ4n) is 4.42. The molecule has 0 saturated carbocycles. The third-order valence-corrected chi connectivity index (χ3v) is 5.76. The van der Waals surface area contributed by atoms with Crippen molar-refractivity contribution in [1.29, 1.82) is 0 Å². The first-order valence-corrected chi connectivity index (χ1v) is 9.71. The Balaban J connectivity index is 1.65. The second-order valence-electron chi connectivity index (χ2n) is 7.54. The van der Waals surface area contributed by atoms with E-state index in [0.717, 1.165) is 43.6 Å². The largest absolute Gasteiger partial charge is 0.324 e. The molecule has 2 aliphatic heterocycles. The van der Waals surface area contributed by atoms with Crippen LogP contribution in [0.25, 0.3) is 0 Å². The van der Waals surface area contributed by atoms with Crippen molar-refractivity contribution in [3.05, 3.63) is 71.0 Å². The average molecular weight is 367 g/mol. The molecule has 27 heavy (non-hydrogen) atoms. The Bertz CT molecular complexity index is 807. The van der Waals surface area contributed by atoms with Gasteiger partial charge in [0.1, 0.15) is 5.82 Å². The first kappa shape index (κ1) is 18.0. The van der Waals surface area contributed by atoms with Crippen LogP contribution in [0.3, 0.4) is 0 Å². The van der Waals surface area contributed by atoms with E-state index < -0.39 is 0 Å². The topological polar surface area (TPSA) is 35.6 Å². The second kappa shape index (κ2) is 7.69. The summed E-state index contributed by atoms with van der Waals surface area (Å²) in [6, 6.07) is 14.8. The van der Waals surface area contributed by atoms with Gasteiger partial charge in [-0.2, -0.15) is 0 Å². The smallest absolute Gasteiger partial charge is 0.320 e. The molecule has 142 valence electrons. The molecule has 2 atom stereocenters. The van der Waals surface area contributed by atoms with Crippen LogP contribution >= 0.6 is 0 Å². The van der Waals surface area contributed by atoms with E-state index in [1.54, 1.807) is 12.1 Å². The molecule has 0 aromatic heterocycles. The van der Waals surface area contributed by atoms with Crippen LogP contribution in [0.5, 0.6) is 0 Å². The number of nitrogens with one attached hydrogen (secondary N) is 1. The molecule has 1 N–H and O–H groups in total. The molecule has 0 unspecified atom stereocenters. The standard InChI is InChI=1S/C22H26FN3O/c1-24-14-16-10-12-25(15-16)22(27)26-13-11-17-4-2-3-5-20(17)21(26)18-6-8-19(23)9-7-18/h2-9,16,21,24H,10-15H2,1H3/t16-,21+/m1/s1. The lowest BCUT2D eigenvalue weighted by molar-refractivity contribution is 0.144. The number of carbonyl (C=O) groups excluding carboxylic acids is 1. The highest BCUT2D eigenvalue weighted by Gasteiger charge is 2.36. The third kappa shape index (κ3) is 3.56. The van der Waals surface area contributed by atoms with E-state index >= 15 is 0 Å². The van der Waals surface area contributed by atoms with Crippen LogP contribution in [-0.2, 0) is 6.42 Å². The van der Waals surface area contributed by atoms with Crippen molar-refractivity contribution in [2.45, 2.75) is 18.9 Å². The molecule has 2 aromatic carbocycles. The predicted molar refractivity (Wildman–Crippen MR) is 104 cm³/mol. The van der Waals surface area contributed by atoms with Gasteiger partial charge < -0.3 is 15.1 Å². The van der Waals surface area contributed by atoms with Gasteiger partial charge in [0.25, 0.3) is 0 Å². The zero-order chi connectivity index (χ0) is 18.8. The van der Waals surface area contributed by atoms with Crippen LogP contribution < -0.4 is 5.32 Å². The van der Waals surface area contributed by atoms with Gasteiger partial charge in [0.15, 0.2) is 0 Å². The minimum absolute atomic E-state index is 0.0948. The van der Waals surface area contributed by atoms with Crippen LogP contribution in [0.1, 0.15) is 29.2 Å². The van der Waals surface area contributed by atoms with E-state index in [1.165, 1.54) is 17.7 Å². The zero-order valence-corrected chi connectivity index (χ0v) is 15.7. The van der Waals surface area contributed by atoms with Gasteiger partial charge in [-0.15, -0.1) is 0 Å². The SMILES string of the molecule is CNC[C@H]1CCN(C(=O)N2CCc3ccccc3[C@@H]2c2ccc(F)cc2)C1. The molecular formula is C22H26FN3O. The summed E-state index contributed by atoms with van der Waals surface area (Å²) >= 11 is 0. The lowest BCUT2D eigenvalue weighted by Crippen LogP contribution is -2.47. The molecule has 5 heteroatoms. The maximum atomic E-state index is 13.5. The van der Waals surface area contributed by atoms with Crippen molar-refractivity contribution in [1.82, 2.24) is 15.1 Å². The molecule has 1 fully saturated rings. The fourth-order valence-corrected chi connectivity index (χ4v) is 4.42. The fraction of sp³-hybridized carbons (Fsp3) is 0.409. The number of halogens is 1. The molecule has 0 aliphatic carbocycles. The monoisotopic (exact) mass is 367 g/mol. The van der Waals surface area contributed by atoms with Gasteiger partial charge >= 0.3 is 6.03 Å². The number of benzene rings is 2. The summed E-state index contributed by atoms with van der Waals surface area (Å²) in [4.78, 5) is 17.3. The van der Waals surface area contributed by atoms with E-state index in [1.807, 2.05) is 29.0 Å². The van der Waals surface area contributed by atoms with E-state index in [4.69, 9.17) is 0 Å². The number of rotatable bonds is 3. The predicted octanol–water partition coefficient (Wildman–Crippen LogP) is 3.43. The number of likely N-dealkylation sites (tertiary alicyclic amines) is 1. The number of hydrogen-bond donors (Lipinski definition) is 1. The molecule has 4 nitrogen and oxygen atoms in total. The van der Waals surface area contributed by atoms with Crippen molar-refractivity contribution in [2.75, 3.05) is 33.2 Å². The third-order valence-electron chi connectivity index (χ3n) is 5.76. The average Bonchev–Trinajstić information content (AvgIpc) is 3.16. The maximum absolute atomic E-state index is 13.5. The van der Waals surface area contributed by atoms with Crippen molar-refractivity contribution < 1.29 is 9.18 Å². The van der Waals surface area contributed by atoms with Crippen molar-refractivity contribution in [2.24, 2.45) is 5.92 Å². The number of fused-ring (bicyclic) bond motifs is 1. The van der Waals surface area contributed by atoms with Crippen LogP contribution in [0.2, 0.25) is 0 Å². The Hall–Kier alpha value is -2.40. The lowest BCUT2D eigenvalue weighted by atomic mass is 9.88. The summed E-state index contributed by atoms with van der Waals surface area (Å²) in [7, 11) is 1.95. The van der Waals surface area contributed by atoms with Gasteiger partial charge in [0.2, 0.25) is 0 Å². The summed E-state index contributed by atoms with van der Waals surface area (Å²) in [5.74, 6) is 0.260. The van der Waals surface area contributed by atoms with E-state index in [9.17, 15) is 9.18 Å². The Morgan fingerprint density at radius 3 is 2.70 bits per heavy atom. The molecule has 2 heterocycles. The summed E-state index contributed by atoms with van der Waals surface area (Å²) < 4.78 is 13.5. The summed E-state index contributed by atoms with van der Waals surface area (Å²) in [5.41, 5.74) is 3.38. The maximum Gasteiger partial charge on any atom is 0.320 e. The van der Waals surface area contributed by atoms with E-state index in [-0.39, 0.29) is 17.9 Å². The van der Waals surface area contributed by atoms with Gasteiger partial charge in [-0.3, -0.25) is 0 Å². The van der Waals surface area contributed by atoms with Gasteiger partial charge in [-0.25, -0.2) is 9.18 Å². The first-order valence-electron chi connectivity index (χ1n) is 9.71. The minimum Gasteiger partial charge on any atom is -0.324 e. The normalized spacial score (nSPS) is 22.0. The number of hydrogen-bond acceptors (Lipinski definition) is 2. The Labute approximate surface area is 160 Å². The number of urea groups is 1. The van der Waals surface area contributed by atoms with Gasteiger partial charge in [-0.1, -0.05) is 36.4 Å². The van der Waals surface area contributed by atoms with Crippen LogP contribution in [-0.4, -0.2) is 49.1 Å². The van der Waals surface area contributed by atoms with Crippen LogP contribution in [0, 0.1) is 11.7 Å². The molecule has 2 aliphatic rings. The van der Waals surface area contributed by atoms with Crippen molar-refractivity contribution in [3.8, 4) is 0 Å². The molecule has 2 amide bonds. The van der Waals surface area contributed by atoms with Crippen molar-refractivity contribution >= 4 is 6.03 Å². The molecule has 2 aromatic rings. The lowest BCUT2D eigenvalue weighted by Gasteiger charge is -2.39. The second-order valence-corrected chi connectivity index (χ2v) is 7.54. The summed E-state index contributed by atoms with van der Waals surface area (Å²) in [5, 5.41) is 3.21. The number of amides is 2. The number of carbonyl (C=O) groups is 1. The van der Waals surface area contributed by atoms with E-state index in [2.05, 4.69) is 17.4 Å². The zero-order valence-electron chi connectivity index (χ0n) is 15.7. The highest BCUT2D eigenvalue weighted by Crippen LogP contribution is 2.36. The number of nitrogens with zero attached hydrogens (tertiary/aromatic N) is 2. The molecule has 1 saturated heterocycles. The molecule has 4 rings (SSSR count). The highest BCUT2D eigenvalue weighted by atomic mass is 19.1. The molecule has 0 bridgehead atoms. The molecule has 0 spiro atoms. The van der Waals surface area contributed by atoms with Crippen molar-refractivity contribution in [3.63, 3.8) is 0 Å². The van der Waals surface area contributed by atoms with Crippen LogP contribution in [0.4, 0.5) is 9.18 Å². The van der Waals surface area contributed by atoms with Crippen LogP contribution in [0.15, 0.2) is 48.5 Å². The Morgan fingerprint density at radius 1 is 1.15 bits per heavy atom. The van der Waals surface area contributed by atoms with Gasteiger partial charge in [0, 0.05) is 19.6 Å². The summed E-state index contributed by atoms with van der Waals surface area (Å²) in [6.07, 6.45) is 1.89. The van der Waals surface area contributed by atoms with Gasteiger partial charge in [-0.05, 0) is 61.2 Å². The molecule has 0 radical (unpaired) electrons. The minimum atomic E-state index is -0.254. The van der Waals surface area contributed by atoms with E-state index in [0.29, 0.717) is 12.5 Å². The highest BCUT2D eigenvalue weighted by molar-refractivity contribution is 5.76.